The van der Waals surface area contributed by atoms with Crippen molar-refractivity contribution in [3.63, 3.8) is 0 Å². The Morgan fingerprint density at radius 1 is 1.13 bits per heavy atom. The van der Waals surface area contributed by atoms with Crippen LogP contribution >= 0.6 is 0 Å². The molecular weight excluding hydrogens is 192 g/mol. The predicted octanol–water partition coefficient (Wildman–Crippen LogP) is 1.83. The van der Waals surface area contributed by atoms with Gasteiger partial charge in [0.25, 0.3) is 0 Å². The molecule has 1 aromatic heterocycles. The van der Waals surface area contributed by atoms with Gasteiger partial charge in [0, 0.05) is 6.20 Å². The van der Waals surface area contributed by atoms with Crippen LogP contribution in [-0.4, -0.2) is 19.2 Å². The van der Waals surface area contributed by atoms with Crippen molar-refractivity contribution in [2.75, 3.05) is 20.0 Å². The van der Waals surface area contributed by atoms with Gasteiger partial charge in [0.05, 0.1) is 19.6 Å². The molecule has 1 aromatic carbocycles. The third-order valence-corrected chi connectivity index (χ3v) is 2.30. The zero-order valence-electron chi connectivity index (χ0n) is 8.65. The molecule has 1 heterocycles. The van der Waals surface area contributed by atoms with Gasteiger partial charge >= 0.3 is 0 Å². The lowest BCUT2D eigenvalue weighted by Gasteiger charge is -2.11. The molecule has 4 nitrogen and oxygen atoms in total. The molecule has 2 rings (SSSR count). The van der Waals surface area contributed by atoms with Crippen LogP contribution in [0, 0.1) is 0 Å². The number of anilines is 1. The van der Waals surface area contributed by atoms with Crippen LogP contribution in [-0.2, 0) is 0 Å². The molecule has 15 heavy (non-hydrogen) atoms. The predicted molar refractivity (Wildman–Crippen MR) is 59.3 cm³/mol. The first-order valence-electron chi connectivity index (χ1n) is 4.53. The molecule has 0 aliphatic heterocycles. The molecule has 0 saturated heterocycles. The van der Waals surface area contributed by atoms with Crippen molar-refractivity contribution in [1.82, 2.24) is 4.98 Å². The van der Waals surface area contributed by atoms with Gasteiger partial charge in [0.15, 0.2) is 11.5 Å². The third-order valence-electron chi connectivity index (χ3n) is 2.30. The Bertz CT molecular complexity index is 497. The number of benzene rings is 1. The van der Waals surface area contributed by atoms with Crippen molar-refractivity contribution < 1.29 is 9.47 Å². The Labute approximate surface area is 87.6 Å². The Hall–Kier alpha value is -1.97. The second-order valence-corrected chi connectivity index (χ2v) is 3.10. The molecule has 78 valence electrons. The van der Waals surface area contributed by atoms with Crippen LogP contribution in [0.3, 0.4) is 0 Å². The molecule has 0 unspecified atom stereocenters. The van der Waals surface area contributed by atoms with Crippen molar-refractivity contribution in [3.05, 3.63) is 24.4 Å². The summed E-state index contributed by atoms with van der Waals surface area (Å²) in [7, 11) is 3.18. The lowest BCUT2D eigenvalue weighted by molar-refractivity contribution is 0.358. The number of hydrogen-bond donors (Lipinski definition) is 1. The summed E-state index contributed by atoms with van der Waals surface area (Å²) in [5.74, 6) is 1.73. The third kappa shape index (κ3) is 1.44. The van der Waals surface area contributed by atoms with Crippen molar-refractivity contribution >= 4 is 16.6 Å². The Morgan fingerprint density at radius 2 is 1.93 bits per heavy atom. The topological polar surface area (TPSA) is 57.4 Å². The van der Waals surface area contributed by atoms with Gasteiger partial charge in [-0.15, -0.1) is 0 Å². The van der Waals surface area contributed by atoms with Gasteiger partial charge in [-0.3, -0.25) is 0 Å². The Morgan fingerprint density at radius 3 is 2.60 bits per heavy atom. The van der Waals surface area contributed by atoms with Gasteiger partial charge in [0.2, 0.25) is 0 Å². The summed E-state index contributed by atoms with van der Waals surface area (Å²) in [4.78, 5) is 4.03. The van der Waals surface area contributed by atoms with E-state index in [-0.39, 0.29) is 0 Å². The molecule has 0 amide bonds. The minimum absolute atomic E-state index is 0.447. The summed E-state index contributed by atoms with van der Waals surface area (Å²) in [6.07, 6.45) is 1.67. The normalized spacial score (nSPS) is 10.3. The van der Waals surface area contributed by atoms with E-state index in [2.05, 4.69) is 4.98 Å². The number of ether oxygens (including phenoxy) is 2. The van der Waals surface area contributed by atoms with E-state index in [1.807, 2.05) is 18.2 Å². The summed E-state index contributed by atoms with van der Waals surface area (Å²) in [6.45, 7) is 0. The standard InChI is InChI=1S/C11H12N2O2/c1-14-8-4-3-7-5-6-13-11(12)9(7)10(8)15-2/h3-6H,1-2H3,(H2,12,13). The van der Waals surface area contributed by atoms with E-state index in [1.54, 1.807) is 20.4 Å². The fourth-order valence-corrected chi connectivity index (χ4v) is 1.61. The second-order valence-electron chi connectivity index (χ2n) is 3.10. The maximum Gasteiger partial charge on any atom is 0.172 e. The molecule has 0 fully saturated rings. The molecule has 2 aromatic rings. The highest BCUT2D eigenvalue weighted by Crippen LogP contribution is 2.37. The highest BCUT2D eigenvalue weighted by Gasteiger charge is 2.11. The number of nitrogens with two attached hydrogens (primary N) is 1. The van der Waals surface area contributed by atoms with Gasteiger partial charge in [-0.25, -0.2) is 4.98 Å². The summed E-state index contributed by atoms with van der Waals surface area (Å²) in [5.41, 5.74) is 5.81. The number of fused-ring (bicyclic) bond motifs is 1. The number of nitrogens with zero attached hydrogens (tertiary/aromatic N) is 1. The number of nitrogen functional groups attached to an aromatic ring is 1. The highest BCUT2D eigenvalue weighted by molar-refractivity contribution is 5.97. The van der Waals surface area contributed by atoms with Crippen LogP contribution in [0.1, 0.15) is 0 Å². The first-order chi connectivity index (χ1) is 7.27. The zero-order chi connectivity index (χ0) is 10.8. The fraction of sp³-hybridized carbons (Fsp3) is 0.182. The minimum Gasteiger partial charge on any atom is -0.493 e. The molecule has 0 spiro atoms. The van der Waals surface area contributed by atoms with Gasteiger partial charge in [-0.2, -0.15) is 0 Å². The van der Waals surface area contributed by atoms with Crippen LogP contribution in [0.2, 0.25) is 0 Å². The molecule has 4 heteroatoms. The molecule has 0 atom stereocenters. The molecular formula is C11H12N2O2. The number of hydrogen-bond acceptors (Lipinski definition) is 4. The zero-order valence-corrected chi connectivity index (χ0v) is 8.65. The number of aromatic nitrogens is 1. The van der Waals surface area contributed by atoms with Crippen LogP contribution < -0.4 is 15.2 Å². The Kier molecular flexibility index (Phi) is 2.33. The first-order valence-corrected chi connectivity index (χ1v) is 4.53. The highest BCUT2D eigenvalue weighted by atomic mass is 16.5. The summed E-state index contributed by atoms with van der Waals surface area (Å²) < 4.78 is 10.5. The first kappa shape index (κ1) is 9.58. The molecule has 0 radical (unpaired) electrons. The average Bonchev–Trinajstić information content (AvgIpc) is 2.28. The van der Waals surface area contributed by atoms with Crippen LogP contribution in [0.15, 0.2) is 24.4 Å². The number of pyridine rings is 1. The van der Waals surface area contributed by atoms with E-state index in [4.69, 9.17) is 15.2 Å². The van der Waals surface area contributed by atoms with Gasteiger partial charge < -0.3 is 15.2 Å². The summed E-state index contributed by atoms with van der Waals surface area (Å²) in [5, 5.41) is 1.78. The van der Waals surface area contributed by atoms with E-state index >= 15 is 0 Å². The van der Waals surface area contributed by atoms with E-state index in [0.717, 1.165) is 10.8 Å². The van der Waals surface area contributed by atoms with E-state index in [9.17, 15) is 0 Å². The molecule has 0 saturated carbocycles. The van der Waals surface area contributed by atoms with E-state index in [0.29, 0.717) is 17.3 Å². The van der Waals surface area contributed by atoms with Crippen LogP contribution in [0.4, 0.5) is 5.82 Å². The van der Waals surface area contributed by atoms with Crippen molar-refractivity contribution in [1.29, 1.82) is 0 Å². The largest absolute Gasteiger partial charge is 0.493 e. The van der Waals surface area contributed by atoms with Crippen molar-refractivity contribution in [3.8, 4) is 11.5 Å². The van der Waals surface area contributed by atoms with Crippen molar-refractivity contribution in [2.24, 2.45) is 0 Å². The smallest absolute Gasteiger partial charge is 0.172 e. The lowest BCUT2D eigenvalue weighted by Crippen LogP contribution is -1.96. The molecule has 0 aliphatic rings. The molecule has 2 N–H and O–H groups in total. The molecule has 0 bridgehead atoms. The average molecular weight is 204 g/mol. The monoisotopic (exact) mass is 204 g/mol. The van der Waals surface area contributed by atoms with Gasteiger partial charge in [-0.05, 0) is 17.5 Å². The minimum atomic E-state index is 0.447. The fourth-order valence-electron chi connectivity index (χ4n) is 1.61. The van der Waals surface area contributed by atoms with E-state index in [1.165, 1.54) is 0 Å². The molecule has 0 aliphatic carbocycles. The van der Waals surface area contributed by atoms with Gasteiger partial charge in [-0.1, -0.05) is 6.07 Å². The van der Waals surface area contributed by atoms with Crippen LogP contribution in [0.25, 0.3) is 10.8 Å². The number of methoxy groups -OCH3 is 2. The summed E-state index contributed by atoms with van der Waals surface area (Å²) >= 11 is 0. The van der Waals surface area contributed by atoms with E-state index < -0.39 is 0 Å². The number of rotatable bonds is 2. The second kappa shape index (κ2) is 3.65. The quantitative estimate of drug-likeness (QED) is 0.810. The van der Waals surface area contributed by atoms with Crippen molar-refractivity contribution in [2.45, 2.75) is 0 Å². The van der Waals surface area contributed by atoms with Crippen LogP contribution in [0.5, 0.6) is 11.5 Å². The summed E-state index contributed by atoms with van der Waals surface area (Å²) in [6, 6.07) is 5.66. The lowest BCUT2D eigenvalue weighted by atomic mass is 10.1. The van der Waals surface area contributed by atoms with Gasteiger partial charge in [0.1, 0.15) is 5.82 Å². The SMILES string of the molecule is COc1ccc2ccnc(N)c2c1OC. The Balaban J connectivity index is 2.85. The maximum absolute atomic E-state index is 5.81. The maximum atomic E-state index is 5.81.